The van der Waals surface area contributed by atoms with Gasteiger partial charge in [0.2, 0.25) is 5.91 Å². The summed E-state index contributed by atoms with van der Waals surface area (Å²) in [7, 11) is 0. The number of alkyl halides is 3. The minimum Gasteiger partial charge on any atom is -0.349 e. The average molecular weight is 391 g/mol. The standard InChI is InChI=1S/C21H24F3N3O/c1-3-19(15-5-4-13(2)26-10-15)27-20(28)18-12-25-11-17(18)14-6-8-16(9-7-14)21(22,23)24/h4-10,17-19,25H,3,11-12H2,1-2H3,(H,27,28). The topological polar surface area (TPSA) is 54.0 Å². The third-order valence-corrected chi connectivity index (χ3v) is 5.28. The monoisotopic (exact) mass is 391 g/mol. The zero-order valence-electron chi connectivity index (χ0n) is 15.9. The van der Waals surface area contributed by atoms with Crippen LogP contribution in [0, 0.1) is 12.8 Å². The first-order valence-electron chi connectivity index (χ1n) is 9.40. The number of carbonyl (C=O) groups excluding carboxylic acids is 1. The van der Waals surface area contributed by atoms with Crippen molar-refractivity contribution in [3.8, 4) is 0 Å². The Morgan fingerprint density at radius 3 is 2.50 bits per heavy atom. The number of benzene rings is 1. The molecule has 1 aliphatic rings. The third-order valence-electron chi connectivity index (χ3n) is 5.28. The van der Waals surface area contributed by atoms with Crippen LogP contribution in [0.3, 0.4) is 0 Å². The molecule has 0 spiro atoms. The molecule has 7 heteroatoms. The van der Waals surface area contributed by atoms with Gasteiger partial charge in [-0.05, 0) is 42.7 Å². The fourth-order valence-corrected chi connectivity index (χ4v) is 3.61. The van der Waals surface area contributed by atoms with Crippen LogP contribution in [-0.4, -0.2) is 24.0 Å². The van der Waals surface area contributed by atoms with Gasteiger partial charge < -0.3 is 10.6 Å². The summed E-state index contributed by atoms with van der Waals surface area (Å²) < 4.78 is 38.4. The molecule has 2 aromatic rings. The molecule has 1 amide bonds. The van der Waals surface area contributed by atoms with Crippen LogP contribution < -0.4 is 10.6 Å². The summed E-state index contributed by atoms with van der Waals surface area (Å²) in [6.07, 6.45) is -1.87. The molecule has 3 rings (SSSR count). The van der Waals surface area contributed by atoms with Crippen molar-refractivity contribution in [3.63, 3.8) is 0 Å². The Hall–Kier alpha value is -2.41. The highest BCUT2D eigenvalue weighted by atomic mass is 19.4. The highest BCUT2D eigenvalue weighted by molar-refractivity contribution is 5.81. The summed E-state index contributed by atoms with van der Waals surface area (Å²) in [6.45, 7) is 4.96. The molecule has 1 saturated heterocycles. The van der Waals surface area contributed by atoms with Crippen LogP contribution in [0.5, 0.6) is 0 Å². The second-order valence-electron chi connectivity index (χ2n) is 7.19. The Kier molecular flexibility index (Phi) is 6.03. The lowest BCUT2D eigenvalue weighted by Gasteiger charge is -2.23. The molecule has 0 saturated carbocycles. The number of pyridine rings is 1. The number of rotatable bonds is 5. The number of carbonyl (C=O) groups is 1. The van der Waals surface area contributed by atoms with Crippen molar-refractivity contribution in [1.29, 1.82) is 0 Å². The van der Waals surface area contributed by atoms with Crippen molar-refractivity contribution >= 4 is 5.91 Å². The summed E-state index contributed by atoms with van der Waals surface area (Å²) in [4.78, 5) is 17.2. The van der Waals surface area contributed by atoms with E-state index in [-0.39, 0.29) is 23.8 Å². The van der Waals surface area contributed by atoms with Crippen molar-refractivity contribution in [3.05, 3.63) is 65.0 Å². The van der Waals surface area contributed by atoms with E-state index >= 15 is 0 Å². The van der Waals surface area contributed by atoms with Gasteiger partial charge >= 0.3 is 6.18 Å². The molecule has 3 unspecified atom stereocenters. The zero-order chi connectivity index (χ0) is 20.3. The molecule has 1 aromatic carbocycles. The van der Waals surface area contributed by atoms with Crippen molar-refractivity contribution in [2.75, 3.05) is 13.1 Å². The van der Waals surface area contributed by atoms with Gasteiger partial charge in [-0.2, -0.15) is 13.2 Å². The Morgan fingerprint density at radius 1 is 1.21 bits per heavy atom. The fraction of sp³-hybridized carbons (Fsp3) is 0.429. The molecule has 150 valence electrons. The third kappa shape index (κ3) is 4.52. The van der Waals surface area contributed by atoms with Crippen molar-refractivity contribution in [2.45, 2.75) is 38.4 Å². The Morgan fingerprint density at radius 2 is 1.93 bits per heavy atom. The second kappa shape index (κ2) is 8.31. The first-order valence-corrected chi connectivity index (χ1v) is 9.40. The molecule has 28 heavy (non-hydrogen) atoms. The normalized spacial score (nSPS) is 20.8. The molecule has 1 aliphatic heterocycles. The maximum atomic E-state index is 12.9. The quantitative estimate of drug-likeness (QED) is 0.811. The smallest absolute Gasteiger partial charge is 0.349 e. The highest BCUT2D eigenvalue weighted by Crippen LogP contribution is 2.33. The summed E-state index contributed by atoms with van der Waals surface area (Å²) in [5.74, 6) is -0.581. The van der Waals surface area contributed by atoms with E-state index in [1.807, 2.05) is 26.0 Å². The molecule has 0 aliphatic carbocycles. The van der Waals surface area contributed by atoms with Crippen molar-refractivity contribution in [2.24, 2.45) is 5.92 Å². The predicted octanol–water partition coefficient (Wildman–Crippen LogP) is 3.98. The number of nitrogens with zero attached hydrogens (tertiary/aromatic N) is 1. The second-order valence-corrected chi connectivity index (χ2v) is 7.19. The fourth-order valence-electron chi connectivity index (χ4n) is 3.61. The van der Waals surface area contributed by atoms with Gasteiger partial charge in [0.05, 0.1) is 17.5 Å². The lowest BCUT2D eigenvalue weighted by molar-refractivity contribution is -0.137. The lowest BCUT2D eigenvalue weighted by atomic mass is 9.87. The summed E-state index contributed by atoms with van der Waals surface area (Å²) in [5, 5.41) is 6.27. The van der Waals surface area contributed by atoms with Gasteiger partial charge in [0.1, 0.15) is 0 Å². The largest absolute Gasteiger partial charge is 0.416 e. The molecule has 1 fully saturated rings. The van der Waals surface area contributed by atoms with Crippen LogP contribution in [-0.2, 0) is 11.0 Å². The summed E-state index contributed by atoms with van der Waals surface area (Å²) in [6, 6.07) is 8.83. The van der Waals surface area contributed by atoms with E-state index in [1.165, 1.54) is 12.1 Å². The van der Waals surface area contributed by atoms with E-state index in [2.05, 4.69) is 15.6 Å². The number of aromatic nitrogens is 1. The minimum absolute atomic E-state index is 0.0951. The number of aryl methyl sites for hydroxylation is 1. The molecule has 2 heterocycles. The predicted molar refractivity (Wildman–Crippen MR) is 101 cm³/mol. The highest BCUT2D eigenvalue weighted by Gasteiger charge is 2.36. The van der Waals surface area contributed by atoms with Gasteiger partial charge in [0.25, 0.3) is 0 Å². The number of halogens is 3. The molecule has 4 nitrogen and oxygen atoms in total. The summed E-state index contributed by atoms with van der Waals surface area (Å²) in [5.41, 5.74) is 1.91. The van der Waals surface area contributed by atoms with Crippen molar-refractivity contribution in [1.82, 2.24) is 15.6 Å². The number of hydrogen-bond acceptors (Lipinski definition) is 3. The van der Waals surface area contributed by atoms with Crippen LogP contribution in [0.4, 0.5) is 13.2 Å². The lowest BCUT2D eigenvalue weighted by Crippen LogP contribution is -2.36. The van der Waals surface area contributed by atoms with Crippen LogP contribution in [0.1, 0.15) is 47.7 Å². The first-order chi connectivity index (χ1) is 13.3. The Labute approximate surface area is 162 Å². The van der Waals surface area contributed by atoms with Gasteiger partial charge in [-0.3, -0.25) is 9.78 Å². The van der Waals surface area contributed by atoms with Crippen molar-refractivity contribution < 1.29 is 18.0 Å². The van der Waals surface area contributed by atoms with Gasteiger partial charge in [0, 0.05) is 30.9 Å². The summed E-state index contributed by atoms with van der Waals surface area (Å²) >= 11 is 0. The number of hydrogen-bond donors (Lipinski definition) is 2. The zero-order valence-corrected chi connectivity index (χ0v) is 15.9. The molecule has 0 radical (unpaired) electrons. The molecule has 0 bridgehead atoms. The van der Waals surface area contributed by atoms with Crippen LogP contribution in [0.25, 0.3) is 0 Å². The van der Waals surface area contributed by atoms with E-state index in [9.17, 15) is 18.0 Å². The van der Waals surface area contributed by atoms with E-state index < -0.39 is 11.7 Å². The molecule has 2 N–H and O–H groups in total. The SMILES string of the molecule is CCC(NC(=O)C1CNCC1c1ccc(C(F)(F)F)cc1)c1ccc(C)nc1. The van der Waals surface area contributed by atoms with E-state index in [0.29, 0.717) is 13.1 Å². The number of nitrogens with one attached hydrogen (secondary N) is 2. The molecular weight excluding hydrogens is 367 g/mol. The van der Waals surface area contributed by atoms with E-state index in [4.69, 9.17) is 0 Å². The van der Waals surface area contributed by atoms with Crippen LogP contribution in [0.15, 0.2) is 42.6 Å². The number of amides is 1. The van der Waals surface area contributed by atoms with E-state index in [1.54, 1.807) is 6.20 Å². The van der Waals surface area contributed by atoms with Crippen LogP contribution >= 0.6 is 0 Å². The first kappa shape index (κ1) is 20.3. The van der Waals surface area contributed by atoms with Gasteiger partial charge in [-0.15, -0.1) is 0 Å². The van der Waals surface area contributed by atoms with E-state index in [0.717, 1.165) is 35.4 Å². The van der Waals surface area contributed by atoms with Gasteiger partial charge in [-0.25, -0.2) is 0 Å². The Bertz CT molecular complexity index is 803. The maximum absolute atomic E-state index is 12.9. The van der Waals surface area contributed by atoms with Crippen LogP contribution in [0.2, 0.25) is 0 Å². The molecular formula is C21H24F3N3O. The van der Waals surface area contributed by atoms with Gasteiger partial charge in [-0.1, -0.05) is 25.1 Å². The minimum atomic E-state index is -4.36. The van der Waals surface area contributed by atoms with Gasteiger partial charge in [0.15, 0.2) is 0 Å². The Balaban J connectivity index is 1.72. The molecule has 1 aromatic heterocycles. The maximum Gasteiger partial charge on any atom is 0.416 e. The molecule has 3 atom stereocenters. The average Bonchev–Trinajstić information content (AvgIpc) is 3.16.